The third-order valence-corrected chi connectivity index (χ3v) is 3.06. The largest absolute Gasteiger partial charge is 0.339 e. The summed E-state index contributed by atoms with van der Waals surface area (Å²) in [6.07, 6.45) is 5.63. The van der Waals surface area contributed by atoms with Gasteiger partial charge in [0, 0.05) is 0 Å². The van der Waals surface area contributed by atoms with Crippen LogP contribution in [0.4, 0.5) is 0 Å². The first-order valence-corrected chi connectivity index (χ1v) is 4.85. The molecule has 2 aliphatic rings. The molecule has 68 valence electrons. The second-order valence-electron chi connectivity index (χ2n) is 3.87. The maximum Gasteiger partial charge on any atom is 0.241 e. The Morgan fingerprint density at radius 2 is 2.17 bits per heavy atom. The summed E-state index contributed by atoms with van der Waals surface area (Å²) >= 11 is 0. The lowest BCUT2D eigenvalue weighted by Gasteiger charge is -2.20. The predicted molar refractivity (Wildman–Crippen MR) is 46.6 cm³/mol. The number of rotatable bonds is 1. The van der Waals surface area contributed by atoms with Crippen molar-refractivity contribution >= 4 is 5.91 Å². The van der Waals surface area contributed by atoms with E-state index in [1.165, 1.54) is 12.8 Å². The van der Waals surface area contributed by atoms with Gasteiger partial charge in [-0.25, -0.2) is 0 Å². The van der Waals surface area contributed by atoms with Crippen molar-refractivity contribution in [3.8, 4) is 0 Å². The Hall–Kier alpha value is -0.570. The molecule has 0 aromatic rings. The molecule has 2 N–H and O–H groups in total. The van der Waals surface area contributed by atoms with Crippen LogP contribution in [0.5, 0.6) is 0 Å². The minimum Gasteiger partial charge on any atom is -0.339 e. The van der Waals surface area contributed by atoms with E-state index >= 15 is 0 Å². The van der Waals surface area contributed by atoms with Gasteiger partial charge in [-0.2, -0.15) is 0 Å². The highest BCUT2D eigenvalue weighted by molar-refractivity contribution is 5.89. The summed E-state index contributed by atoms with van der Waals surface area (Å²) in [5.41, 5.74) is -0.180. The Kier molecular flexibility index (Phi) is 1.83. The van der Waals surface area contributed by atoms with E-state index in [4.69, 9.17) is 0 Å². The molecule has 2 fully saturated rings. The van der Waals surface area contributed by atoms with Gasteiger partial charge in [0.15, 0.2) is 0 Å². The fraction of sp³-hybridized carbons (Fsp3) is 0.889. The molecule has 1 saturated carbocycles. The third-order valence-electron chi connectivity index (χ3n) is 3.06. The smallest absolute Gasteiger partial charge is 0.241 e. The highest BCUT2D eigenvalue weighted by Crippen LogP contribution is 2.32. The van der Waals surface area contributed by atoms with Crippen molar-refractivity contribution in [3.05, 3.63) is 0 Å². The Bertz CT molecular complexity index is 197. The molecule has 0 radical (unpaired) electrons. The predicted octanol–water partition coefficient (Wildman–Crippen LogP) is 0.755. The van der Waals surface area contributed by atoms with Gasteiger partial charge in [-0.1, -0.05) is 19.8 Å². The van der Waals surface area contributed by atoms with E-state index in [-0.39, 0.29) is 17.6 Å². The summed E-state index contributed by atoms with van der Waals surface area (Å²) in [5, 5.41) is 6.39. The van der Waals surface area contributed by atoms with Crippen molar-refractivity contribution in [2.45, 2.75) is 50.7 Å². The molecule has 1 unspecified atom stereocenters. The van der Waals surface area contributed by atoms with Crippen LogP contribution >= 0.6 is 0 Å². The monoisotopic (exact) mass is 168 g/mol. The van der Waals surface area contributed by atoms with Crippen molar-refractivity contribution in [1.29, 1.82) is 0 Å². The van der Waals surface area contributed by atoms with Crippen molar-refractivity contribution in [1.82, 2.24) is 10.6 Å². The standard InChI is InChI=1S/C9H16N2O/c1-2-7-10-8(12)9(11-7)5-3-4-6-9/h7,11H,2-6H2,1H3,(H,10,12). The van der Waals surface area contributed by atoms with E-state index in [1.807, 2.05) is 0 Å². The minimum atomic E-state index is -0.180. The third kappa shape index (κ3) is 1.04. The molecule has 1 aliphatic heterocycles. The van der Waals surface area contributed by atoms with Gasteiger partial charge in [0.25, 0.3) is 0 Å². The lowest BCUT2D eigenvalue weighted by molar-refractivity contribution is -0.124. The number of carbonyl (C=O) groups is 1. The molecule has 1 spiro atoms. The molecule has 1 atom stereocenters. The van der Waals surface area contributed by atoms with Crippen LogP contribution in [-0.4, -0.2) is 17.6 Å². The maximum atomic E-state index is 11.6. The average molecular weight is 168 g/mol. The van der Waals surface area contributed by atoms with Crippen LogP contribution in [0, 0.1) is 0 Å². The van der Waals surface area contributed by atoms with Gasteiger partial charge < -0.3 is 5.32 Å². The van der Waals surface area contributed by atoms with Crippen molar-refractivity contribution in [2.75, 3.05) is 0 Å². The first-order valence-electron chi connectivity index (χ1n) is 4.85. The molecule has 3 heteroatoms. The fourth-order valence-corrected chi connectivity index (χ4v) is 2.29. The first-order chi connectivity index (χ1) is 5.77. The Balaban J connectivity index is 2.11. The molecule has 1 aliphatic carbocycles. The van der Waals surface area contributed by atoms with Crippen LogP contribution in [0.15, 0.2) is 0 Å². The van der Waals surface area contributed by atoms with Crippen LogP contribution in [0.25, 0.3) is 0 Å². The SMILES string of the molecule is CCC1NC(=O)C2(CCCC2)N1. The van der Waals surface area contributed by atoms with Gasteiger partial charge in [0.05, 0.1) is 11.7 Å². The highest BCUT2D eigenvalue weighted by atomic mass is 16.2. The Morgan fingerprint density at radius 1 is 1.50 bits per heavy atom. The van der Waals surface area contributed by atoms with E-state index in [0.717, 1.165) is 19.3 Å². The number of hydrogen-bond donors (Lipinski definition) is 2. The van der Waals surface area contributed by atoms with Crippen molar-refractivity contribution in [2.24, 2.45) is 0 Å². The van der Waals surface area contributed by atoms with Crippen LogP contribution < -0.4 is 10.6 Å². The Labute approximate surface area is 72.9 Å². The zero-order chi connectivity index (χ0) is 8.60. The quantitative estimate of drug-likeness (QED) is 0.606. The number of nitrogens with one attached hydrogen (secondary N) is 2. The van der Waals surface area contributed by atoms with E-state index in [2.05, 4.69) is 17.6 Å². The lowest BCUT2D eigenvalue weighted by Crippen LogP contribution is -2.44. The van der Waals surface area contributed by atoms with Gasteiger partial charge in [-0.3, -0.25) is 10.1 Å². The number of carbonyl (C=O) groups excluding carboxylic acids is 1. The number of hydrogen-bond acceptors (Lipinski definition) is 2. The summed E-state index contributed by atoms with van der Waals surface area (Å²) < 4.78 is 0. The zero-order valence-electron chi connectivity index (χ0n) is 7.52. The normalized spacial score (nSPS) is 32.8. The van der Waals surface area contributed by atoms with E-state index in [9.17, 15) is 4.79 Å². The fourth-order valence-electron chi connectivity index (χ4n) is 2.29. The molecule has 2 rings (SSSR count). The molecule has 1 amide bonds. The van der Waals surface area contributed by atoms with Gasteiger partial charge in [0.2, 0.25) is 5.91 Å². The van der Waals surface area contributed by atoms with Gasteiger partial charge in [-0.05, 0) is 19.3 Å². The summed E-state index contributed by atoms with van der Waals surface area (Å²) in [5.74, 6) is 0.229. The number of amides is 1. The summed E-state index contributed by atoms with van der Waals surface area (Å²) in [6, 6.07) is 0. The van der Waals surface area contributed by atoms with Crippen LogP contribution in [0.3, 0.4) is 0 Å². The molecule has 0 bridgehead atoms. The lowest BCUT2D eigenvalue weighted by atomic mass is 9.98. The minimum absolute atomic E-state index is 0.180. The summed E-state index contributed by atoms with van der Waals surface area (Å²) in [6.45, 7) is 2.09. The molecule has 3 nitrogen and oxygen atoms in total. The Morgan fingerprint density at radius 3 is 2.67 bits per heavy atom. The van der Waals surface area contributed by atoms with Crippen LogP contribution in [0.2, 0.25) is 0 Å². The molecule has 0 aromatic carbocycles. The molecular weight excluding hydrogens is 152 g/mol. The van der Waals surface area contributed by atoms with Crippen molar-refractivity contribution < 1.29 is 4.79 Å². The van der Waals surface area contributed by atoms with E-state index < -0.39 is 0 Å². The van der Waals surface area contributed by atoms with E-state index in [1.54, 1.807) is 0 Å². The molecule has 0 aromatic heterocycles. The maximum absolute atomic E-state index is 11.6. The zero-order valence-corrected chi connectivity index (χ0v) is 7.52. The molecule has 12 heavy (non-hydrogen) atoms. The van der Waals surface area contributed by atoms with Crippen LogP contribution in [0.1, 0.15) is 39.0 Å². The first kappa shape index (κ1) is 8.05. The van der Waals surface area contributed by atoms with Gasteiger partial charge in [0.1, 0.15) is 0 Å². The molecule has 1 heterocycles. The van der Waals surface area contributed by atoms with Crippen molar-refractivity contribution in [3.63, 3.8) is 0 Å². The highest BCUT2D eigenvalue weighted by Gasteiger charge is 2.47. The molecule has 1 saturated heterocycles. The van der Waals surface area contributed by atoms with Gasteiger partial charge in [-0.15, -0.1) is 0 Å². The molecular formula is C9H16N2O. The van der Waals surface area contributed by atoms with E-state index in [0.29, 0.717) is 0 Å². The average Bonchev–Trinajstić information content (AvgIpc) is 2.63. The topological polar surface area (TPSA) is 41.1 Å². The second-order valence-corrected chi connectivity index (χ2v) is 3.87. The second kappa shape index (κ2) is 2.73. The van der Waals surface area contributed by atoms with Crippen LogP contribution in [-0.2, 0) is 4.79 Å². The summed E-state index contributed by atoms with van der Waals surface area (Å²) in [4.78, 5) is 11.6. The van der Waals surface area contributed by atoms with Gasteiger partial charge >= 0.3 is 0 Å². The summed E-state index contributed by atoms with van der Waals surface area (Å²) in [7, 11) is 0.